The molecule has 1 nitrogen and oxygen atoms in total. The van der Waals surface area contributed by atoms with Crippen molar-refractivity contribution in [1.29, 1.82) is 0 Å². The van der Waals surface area contributed by atoms with Crippen LogP contribution in [0.2, 0.25) is 0 Å². The summed E-state index contributed by atoms with van der Waals surface area (Å²) in [6, 6.07) is 7.64. The molecule has 0 fully saturated rings. The Labute approximate surface area is 118 Å². The predicted octanol–water partition coefficient (Wildman–Crippen LogP) is 5.13. The molecule has 104 valence electrons. The first-order chi connectivity index (χ1) is 9.13. The Bertz CT molecular complexity index is 535. The van der Waals surface area contributed by atoms with Crippen LogP contribution < -0.4 is 5.32 Å². The summed E-state index contributed by atoms with van der Waals surface area (Å²) in [5.74, 6) is 0.550. The highest BCUT2D eigenvalue weighted by atomic mass is 32.1. The maximum absolute atomic E-state index is 13.3. The molecule has 0 bridgehead atoms. The third-order valence-electron chi connectivity index (χ3n) is 3.63. The molecule has 2 atom stereocenters. The second kappa shape index (κ2) is 6.49. The van der Waals surface area contributed by atoms with Crippen molar-refractivity contribution in [2.45, 2.75) is 39.7 Å². The minimum absolute atomic E-state index is 0.150. The van der Waals surface area contributed by atoms with Crippen molar-refractivity contribution < 1.29 is 4.39 Å². The van der Waals surface area contributed by atoms with E-state index in [-0.39, 0.29) is 5.82 Å². The summed E-state index contributed by atoms with van der Waals surface area (Å²) in [5, 5.41) is 4.70. The van der Waals surface area contributed by atoms with E-state index < -0.39 is 0 Å². The number of thiophene rings is 1. The van der Waals surface area contributed by atoms with Gasteiger partial charge in [-0.15, -0.1) is 11.3 Å². The van der Waals surface area contributed by atoms with Gasteiger partial charge < -0.3 is 5.32 Å². The number of hydrogen-bond acceptors (Lipinski definition) is 2. The molecule has 19 heavy (non-hydrogen) atoms. The van der Waals surface area contributed by atoms with Gasteiger partial charge in [-0.05, 0) is 42.5 Å². The molecule has 2 aromatic rings. The van der Waals surface area contributed by atoms with E-state index in [1.54, 1.807) is 17.4 Å². The van der Waals surface area contributed by atoms with Crippen LogP contribution in [-0.4, -0.2) is 6.54 Å². The van der Waals surface area contributed by atoms with Crippen molar-refractivity contribution in [3.05, 3.63) is 35.0 Å². The summed E-state index contributed by atoms with van der Waals surface area (Å²) in [4.78, 5) is 1.32. The molecule has 0 spiro atoms. The summed E-state index contributed by atoms with van der Waals surface area (Å²) in [5.41, 5.74) is 0. The Morgan fingerprint density at radius 3 is 2.74 bits per heavy atom. The minimum atomic E-state index is -0.150. The lowest BCUT2D eigenvalue weighted by Crippen LogP contribution is -2.21. The van der Waals surface area contributed by atoms with Crippen molar-refractivity contribution in [3.8, 4) is 0 Å². The molecule has 0 saturated heterocycles. The molecule has 1 aromatic carbocycles. The second-order valence-electron chi connectivity index (χ2n) is 5.19. The smallest absolute Gasteiger partial charge is 0.124 e. The van der Waals surface area contributed by atoms with Gasteiger partial charge in [-0.1, -0.05) is 33.3 Å². The minimum Gasteiger partial charge on any atom is -0.310 e. The highest BCUT2D eigenvalue weighted by Gasteiger charge is 2.16. The first-order valence-corrected chi connectivity index (χ1v) is 7.88. The Kier molecular flexibility index (Phi) is 4.94. The lowest BCUT2D eigenvalue weighted by molar-refractivity contribution is 0.412. The van der Waals surface area contributed by atoms with Crippen LogP contribution in [-0.2, 0) is 0 Å². The first-order valence-electron chi connectivity index (χ1n) is 7.06. The normalized spacial score (nSPS) is 14.7. The molecular formula is C16H22FNS. The lowest BCUT2D eigenvalue weighted by Gasteiger charge is -2.19. The number of fused-ring (bicyclic) bond motifs is 1. The highest BCUT2D eigenvalue weighted by molar-refractivity contribution is 7.19. The van der Waals surface area contributed by atoms with Gasteiger partial charge in [0.1, 0.15) is 5.82 Å². The SMILES string of the molecule is CCNC(CC(C)CC)c1cc2ccc(F)cc2s1. The topological polar surface area (TPSA) is 12.0 Å². The molecule has 1 aromatic heterocycles. The van der Waals surface area contributed by atoms with E-state index in [1.807, 2.05) is 6.07 Å². The van der Waals surface area contributed by atoms with Crippen LogP contribution in [0.1, 0.15) is 44.5 Å². The van der Waals surface area contributed by atoms with Crippen LogP contribution in [0.5, 0.6) is 0 Å². The lowest BCUT2D eigenvalue weighted by atomic mass is 9.98. The molecule has 3 heteroatoms. The average Bonchev–Trinajstić information content (AvgIpc) is 2.80. The van der Waals surface area contributed by atoms with Crippen LogP contribution >= 0.6 is 11.3 Å². The average molecular weight is 279 g/mol. The van der Waals surface area contributed by atoms with Crippen molar-refractivity contribution >= 4 is 21.4 Å². The van der Waals surface area contributed by atoms with Crippen LogP contribution in [0.15, 0.2) is 24.3 Å². The molecule has 0 aliphatic heterocycles. The van der Waals surface area contributed by atoms with E-state index in [0.717, 1.165) is 23.1 Å². The maximum atomic E-state index is 13.3. The molecule has 0 saturated carbocycles. The molecule has 1 N–H and O–H groups in total. The Morgan fingerprint density at radius 1 is 1.26 bits per heavy atom. The fourth-order valence-corrected chi connectivity index (χ4v) is 3.49. The van der Waals surface area contributed by atoms with Gasteiger partial charge >= 0.3 is 0 Å². The van der Waals surface area contributed by atoms with Crippen molar-refractivity contribution in [2.24, 2.45) is 5.92 Å². The fraction of sp³-hybridized carbons (Fsp3) is 0.500. The number of rotatable bonds is 6. The van der Waals surface area contributed by atoms with E-state index in [9.17, 15) is 4.39 Å². The Morgan fingerprint density at radius 2 is 2.05 bits per heavy atom. The number of hydrogen-bond donors (Lipinski definition) is 1. The van der Waals surface area contributed by atoms with Crippen LogP contribution in [0.25, 0.3) is 10.1 Å². The fourth-order valence-electron chi connectivity index (χ4n) is 2.31. The van der Waals surface area contributed by atoms with Crippen LogP contribution in [0, 0.1) is 11.7 Å². The first kappa shape index (κ1) is 14.5. The van der Waals surface area contributed by atoms with E-state index in [4.69, 9.17) is 0 Å². The third-order valence-corrected chi connectivity index (χ3v) is 4.84. The summed E-state index contributed by atoms with van der Waals surface area (Å²) in [6.07, 6.45) is 2.33. The molecule has 2 unspecified atom stereocenters. The van der Waals surface area contributed by atoms with E-state index in [2.05, 4.69) is 32.2 Å². The third kappa shape index (κ3) is 3.54. The summed E-state index contributed by atoms with van der Waals surface area (Å²) < 4.78 is 14.3. The van der Waals surface area contributed by atoms with Crippen molar-refractivity contribution in [1.82, 2.24) is 5.32 Å². The standard InChI is InChI=1S/C16H22FNS/c1-4-11(3)8-14(18-5-2)16-9-12-6-7-13(17)10-15(12)19-16/h6-7,9-11,14,18H,4-5,8H2,1-3H3. The molecule has 0 aliphatic rings. The molecular weight excluding hydrogens is 257 g/mol. The Hall–Kier alpha value is -0.930. The van der Waals surface area contributed by atoms with Gasteiger partial charge in [0.15, 0.2) is 0 Å². The van der Waals surface area contributed by atoms with E-state index in [1.165, 1.54) is 17.4 Å². The number of benzene rings is 1. The maximum Gasteiger partial charge on any atom is 0.124 e. The van der Waals surface area contributed by atoms with Gasteiger partial charge in [-0.3, -0.25) is 0 Å². The van der Waals surface area contributed by atoms with Crippen molar-refractivity contribution in [2.75, 3.05) is 6.54 Å². The molecule has 0 radical (unpaired) electrons. The monoisotopic (exact) mass is 279 g/mol. The van der Waals surface area contributed by atoms with Crippen LogP contribution in [0.3, 0.4) is 0 Å². The van der Waals surface area contributed by atoms with Crippen LogP contribution in [0.4, 0.5) is 4.39 Å². The highest BCUT2D eigenvalue weighted by Crippen LogP contribution is 2.33. The largest absolute Gasteiger partial charge is 0.310 e. The zero-order chi connectivity index (χ0) is 13.8. The number of halogens is 1. The van der Waals surface area contributed by atoms with E-state index in [0.29, 0.717) is 12.0 Å². The molecule has 2 rings (SSSR count). The summed E-state index contributed by atoms with van der Waals surface area (Å²) in [6.45, 7) is 7.62. The quantitative estimate of drug-likeness (QED) is 0.773. The van der Waals surface area contributed by atoms with Gasteiger partial charge in [0.25, 0.3) is 0 Å². The van der Waals surface area contributed by atoms with E-state index >= 15 is 0 Å². The van der Waals surface area contributed by atoms with Gasteiger partial charge in [-0.2, -0.15) is 0 Å². The summed E-state index contributed by atoms with van der Waals surface area (Å²) >= 11 is 1.71. The molecule has 0 aliphatic carbocycles. The van der Waals surface area contributed by atoms with Gasteiger partial charge in [-0.25, -0.2) is 4.39 Å². The van der Waals surface area contributed by atoms with Gasteiger partial charge in [0.2, 0.25) is 0 Å². The van der Waals surface area contributed by atoms with Gasteiger partial charge in [0, 0.05) is 15.6 Å². The Balaban J connectivity index is 2.27. The number of nitrogens with one attached hydrogen (secondary N) is 1. The van der Waals surface area contributed by atoms with Crippen molar-refractivity contribution in [3.63, 3.8) is 0 Å². The molecule has 0 amide bonds. The zero-order valence-corrected chi connectivity index (χ0v) is 12.7. The zero-order valence-electron chi connectivity index (χ0n) is 11.9. The predicted molar refractivity (Wildman–Crippen MR) is 82.3 cm³/mol. The second-order valence-corrected chi connectivity index (χ2v) is 6.31. The van der Waals surface area contributed by atoms with Gasteiger partial charge in [0.05, 0.1) is 0 Å². The molecule has 1 heterocycles. The summed E-state index contributed by atoms with van der Waals surface area (Å²) in [7, 11) is 0.